The van der Waals surface area contributed by atoms with Gasteiger partial charge in [-0.25, -0.2) is 4.39 Å². The summed E-state index contributed by atoms with van der Waals surface area (Å²) in [5.41, 5.74) is 1.43. The topological polar surface area (TPSA) is 49.3 Å². The van der Waals surface area contributed by atoms with E-state index < -0.39 is 5.97 Å². The molecule has 0 aliphatic rings. The maximum atomic E-state index is 13.2. The van der Waals surface area contributed by atoms with Gasteiger partial charge < -0.3 is 10.4 Å². The highest BCUT2D eigenvalue weighted by molar-refractivity contribution is 5.66. The Morgan fingerprint density at radius 1 is 1.35 bits per heavy atom. The molecular weight excluding hydrogens is 221 g/mol. The van der Waals surface area contributed by atoms with Crippen LogP contribution in [0.2, 0.25) is 0 Å². The van der Waals surface area contributed by atoms with Crippen LogP contribution in [-0.4, -0.2) is 17.6 Å². The van der Waals surface area contributed by atoms with Gasteiger partial charge in [0.25, 0.3) is 0 Å². The van der Waals surface area contributed by atoms with Crippen molar-refractivity contribution in [2.45, 2.75) is 32.6 Å². The van der Waals surface area contributed by atoms with Gasteiger partial charge in [0, 0.05) is 24.2 Å². The Kier molecular flexibility index (Phi) is 5.46. The van der Waals surface area contributed by atoms with Gasteiger partial charge >= 0.3 is 5.97 Å². The van der Waals surface area contributed by atoms with Gasteiger partial charge in [-0.2, -0.15) is 0 Å². The van der Waals surface area contributed by atoms with E-state index in [9.17, 15) is 9.18 Å². The monoisotopic (exact) mass is 239 g/mol. The number of anilines is 1. The molecule has 0 radical (unpaired) electrons. The minimum absolute atomic E-state index is 0.208. The Morgan fingerprint density at radius 3 is 2.82 bits per heavy atom. The predicted octanol–water partition coefficient (Wildman–Crippen LogP) is 3.19. The van der Waals surface area contributed by atoms with E-state index in [4.69, 9.17) is 5.11 Å². The molecule has 0 unspecified atom stereocenters. The highest BCUT2D eigenvalue weighted by Gasteiger charge is 2.02. The van der Waals surface area contributed by atoms with Crippen molar-refractivity contribution in [3.8, 4) is 0 Å². The third kappa shape index (κ3) is 4.85. The van der Waals surface area contributed by atoms with Crippen LogP contribution in [-0.2, 0) is 4.79 Å². The molecule has 1 aromatic rings. The fourth-order valence-electron chi connectivity index (χ4n) is 1.60. The zero-order valence-electron chi connectivity index (χ0n) is 10.0. The fraction of sp³-hybridized carbons (Fsp3) is 0.462. The molecule has 0 spiro atoms. The van der Waals surface area contributed by atoms with E-state index >= 15 is 0 Å². The number of hydrogen-bond donors (Lipinski definition) is 2. The van der Waals surface area contributed by atoms with Crippen molar-refractivity contribution in [1.82, 2.24) is 0 Å². The summed E-state index contributed by atoms with van der Waals surface area (Å²) in [4.78, 5) is 10.3. The molecule has 0 fully saturated rings. The van der Waals surface area contributed by atoms with Gasteiger partial charge in [0.15, 0.2) is 0 Å². The molecule has 3 nitrogen and oxygen atoms in total. The summed E-state index contributed by atoms with van der Waals surface area (Å²) in [5, 5.41) is 11.6. The van der Waals surface area contributed by atoms with Crippen molar-refractivity contribution in [3.05, 3.63) is 29.6 Å². The number of carboxylic acid groups (broad SMARTS) is 1. The molecule has 0 aliphatic carbocycles. The minimum atomic E-state index is -0.751. The number of carboxylic acids is 1. The Labute approximate surface area is 101 Å². The van der Waals surface area contributed by atoms with Gasteiger partial charge in [0.1, 0.15) is 5.82 Å². The molecule has 1 aromatic carbocycles. The van der Waals surface area contributed by atoms with Crippen LogP contribution in [0.3, 0.4) is 0 Å². The van der Waals surface area contributed by atoms with Gasteiger partial charge in [0.05, 0.1) is 0 Å². The fourth-order valence-corrected chi connectivity index (χ4v) is 1.60. The molecule has 0 atom stereocenters. The van der Waals surface area contributed by atoms with Crippen molar-refractivity contribution in [2.75, 3.05) is 11.9 Å². The van der Waals surface area contributed by atoms with Crippen molar-refractivity contribution >= 4 is 11.7 Å². The molecular formula is C13H18FNO2. The lowest BCUT2D eigenvalue weighted by Gasteiger charge is -2.09. The van der Waals surface area contributed by atoms with Gasteiger partial charge in [-0.05, 0) is 31.9 Å². The lowest BCUT2D eigenvalue weighted by Crippen LogP contribution is -2.04. The quantitative estimate of drug-likeness (QED) is 0.718. The van der Waals surface area contributed by atoms with Gasteiger partial charge in [0.2, 0.25) is 0 Å². The van der Waals surface area contributed by atoms with Gasteiger partial charge in [-0.3, -0.25) is 4.79 Å². The summed E-state index contributed by atoms with van der Waals surface area (Å²) < 4.78 is 13.2. The van der Waals surface area contributed by atoms with Crippen molar-refractivity contribution in [2.24, 2.45) is 0 Å². The van der Waals surface area contributed by atoms with Crippen LogP contribution in [0, 0.1) is 12.7 Å². The first-order valence-corrected chi connectivity index (χ1v) is 5.82. The maximum absolute atomic E-state index is 13.2. The number of rotatable bonds is 7. The van der Waals surface area contributed by atoms with E-state index in [0.29, 0.717) is 12.0 Å². The zero-order chi connectivity index (χ0) is 12.7. The summed E-state index contributed by atoms with van der Waals surface area (Å²) in [7, 11) is 0. The summed E-state index contributed by atoms with van der Waals surface area (Å²) in [6.07, 6.45) is 2.68. The smallest absolute Gasteiger partial charge is 0.303 e. The molecule has 94 valence electrons. The van der Waals surface area contributed by atoms with E-state index in [2.05, 4.69) is 5.32 Å². The molecule has 17 heavy (non-hydrogen) atoms. The van der Waals surface area contributed by atoms with Crippen LogP contribution in [0.15, 0.2) is 18.2 Å². The second kappa shape index (κ2) is 6.89. The average Bonchev–Trinajstić information content (AvgIpc) is 2.28. The first-order chi connectivity index (χ1) is 8.11. The third-order valence-corrected chi connectivity index (χ3v) is 2.65. The van der Waals surface area contributed by atoms with Crippen LogP contribution in [0.1, 0.15) is 31.2 Å². The van der Waals surface area contributed by atoms with Crippen LogP contribution < -0.4 is 5.32 Å². The number of halogens is 1. The molecule has 0 saturated carbocycles. The summed E-state index contributed by atoms with van der Waals surface area (Å²) in [6, 6.07) is 4.96. The molecule has 0 saturated heterocycles. The highest BCUT2D eigenvalue weighted by Crippen LogP contribution is 2.17. The third-order valence-electron chi connectivity index (χ3n) is 2.65. The standard InChI is InChI=1S/C13H18FNO2/c1-10-11(14)6-5-7-12(10)15-9-4-2-3-8-13(16)17/h5-7,15H,2-4,8-9H2,1H3,(H,16,17). The highest BCUT2D eigenvalue weighted by atomic mass is 19.1. The second-order valence-corrected chi connectivity index (χ2v) is 4.04. The Balaban J connectivity index is 2.22. The molecule has 2 N–H and O–H groups in total. The molecule has 4 heteroatoms. The van der Waals surface area contributed by atoms with Crippen LogP contribution in [0.25, 0.3) is 0 Å². The molecule has 0 bridgehead atoms. The molecule has 0 heterocycles. The number of benzene rings is 1. The van der Waals surface area contributed by atoms with Crippen LogP contribution in [0.5, 0.6) is 0 Å². The first kappa shape index (κ1) is 13.5. The number of unbranched alkanes of at least 4 members (excludes halogenated alkanes) is 2. The van der Waals surface area contributed by atoms with E-state index in [-0.39, 0.29) is 12.2 Å². The number of aliphatic carboxylic acids is 1. The Hall–Kier alpha value is -1.58. The Bertz CT molecular complexity index is 380. The number of hydrogen-bond acceptors (Lipinski definition) is 2. The summed E-state index contributed by atoms with van der Waals surface area (Å²) in [5.74, 6) is -0.959. The second-order valence-electron chi connectivity index (χ2n) is 4.04. The normalized spacial score (nSPS) is 10.2. The number of carbonyl (C=O) groups is 1. The predicted molar refractivity (Wildman–Crippen MR) is 65.7 cm³/mol. The number of nitrogens with one attached hydrogen (secondary N) is 1. The average molecular weight is 239 g/mol. The summed E-state index contributed by atoms with van der Waals surface area (Å²) >= 11 is 0. The van der Waals surface area contributed by atoms with Crippen molar-refractivity contribution < 1.29 is 14.3 Å². The van der Waals surface area contributed by atoms with Crippen LogP contribution in [0.4, 0.5) is 10.1 Å². The lowest BCUT2D eigenvalue weighted by molar-refractivity contribution is -0.137. The van der Waals surface area contributed by atoms with E-state index in [1.165, 1.54) is 6.07 Å². The molecule has 0 aromatic heterocycles. The lowest BCUT2D eigenvalue weighted by atomic mass is 10.1. The van der Waals surface area contributed by atoms with Gasteiger partial charge in [-0.15, -0.1) is 0 Å². The van der Waals surface area contributed by atoms with Crippen LogP contribution >= 0.6 is 0 Å². The largest absolute Gasteiger partial charge is 0.481 e. The SMILES string of the molecule is Cc1c(F)cccc1NCCCCCC(=O)O. The minimum Gasteiger partial charge on any atom is -0.481 e. The Morgan fingerprint density at radius 2 is 2.12 bits per heavy atom. The summed E-state index contributed by atoms with van der Waals surface area (Å²) in [6.45, 7) is 2.48. The molecule has 1 rings (SSSR count). The van der Waals surface area contributed by atoms with E-state index in [0.717, 1.165) is 25.1 Å². The molecule has 0 amide bonds. The van der Waals surface area contributed by atoms with E-state index in [1.807, 2.05) is 6.07 Å². The van der Waals surface area contributed by atoms with Crippen molar-refractivity contribution in [3.63, 3.8) is 0 Å². The van der Waals surface area contributed by atoms with Gasteiger partial charge in [-0.1, -0.05) is 12.5 Å². The maximum Gasteiger partial charge on any atom is 0.303 e. The first-order valence-electron chi connectivity index (χ1n) is 5.82. The zero-order valence-corrected chi connectivity index (χ0v) is 10.0. The molecule has 0 aliphatic heterocycles. The van der Waals surface area contributed by atoms with Crippen molar-refractivity contribution in [1.29, 1.82) is 0 Å². The van der Waals surface area contributed by atoms with E-state index in [1.54, 1.807) is 13.0 Å².